The van der Waals surface area contributed by atoms with Crippen LogP contribution in [-0.2, 0) is 11.2 Å². The Hall–Kier alpha value is -1.85. The zero-order valence-corrected chi connectivity index (χ0v) is 12.5. The lowest BCUT2D eigenvalue weighted by Gasteiger charge is -2.23. The van der Waals surface area contributed by atoms with Crippen LogP contribution in [0.1, 0.15) is 31.2 Å². The molecule has 0 radical (unpaired) electrons. The third-order valence-electron chi connectivity index (χ3n) is 3.65. The summed E-state index contributed by atoms with van der Waals surface area (Å²) < 4.78 is 0. The van der Waals surface area contributed by atoms with Crippen molar-refractivity contribution in [2.24, 2.45) is 0 Å². The molecule has 6 heteroatoms. The van der Waals surface area contributed by atoms with E-state index in [1.54, 1.807) is 4.90 Å². The zero-order chi connectivity index (χ0) is 14.7. The topological polar surface area (TPSA) is 75.3 Å². The lowest BCUT2D eigenvalue weighted by molar-refractivity contribution is -0.127. The van der Waals surface area contributed by atoms with Crippen molar-refractivity contribution in [3.05, 3.63) is 11.4 Å². The molecule has 0 unspecified atom stereocenters. The van der Waals surface area contributed by atoms with E-state index >= 15 is 0 Å². The number of nitrogens with zero attached hydrogens (tertiary/aromatic N) is 4. The molecule has 2 rings (SSSR count). The van der Waals surface area contributed by atoms with E-state index in [0.717, 1.165) is 49.6 Å². The molecule has 2 N–H and O–H groups in total. The van der Waals surface area contributed by atoms with Crippen LogP contribution in [0.3, 0.4) is 0 Å². The summed E-state index contributed by atoms with van der Waals surface area (Å²) in [5.41, 5.74) is 6.85. The average molecular weight is 277 g/mol. The third kappa shape index (κ3) is 3.00. The number of carbonyl (C=O) groups excluding carboxylic acids is 1. The van der Waals surface area contributed by atoms with Gasteiger partial charge in [0.15, 0.2) is 0 Å². The fourth-order valence-corrected chi connectivity index (χ4v) is 2.38. The van der Waals surface area contributed by atoms with Gasteiger partial charge in [-0.3, -0.25) is 4.79 Å². The van der Waals surface area contributed by atoms with E-state index in [-0.39, 0.29) is 5.91 Å². The van der Waals surface area contributed by atoms with Gasteiger partial charge in [0, 0.05) is 32.1 Å². The maximum atomic E-state index is 12.0. The summed E-state index contributed by atoms with van der Waals surface area (Å²) in [6.07, 6.45) is 2.72. The van der Waals surface area contributed by atoms with Gasteiger partial charge in [-0.1, -0.05) is 6.92 Å². The summed E-state index contributed by atoms with van der Waals surface area (Å²) in [7, 11) is 1.84. The molecule has 0 bridgehead atoms. The molecule has 1 saturated heterocycles. The highest BCUT2D eigenvalue weighted by Gasteiger charge is 2.22. The first-order valence-corrected chi connectivity index (χ1v) is 7.14. The second-order valence-corrected chi connectivity index (χ2v) is 5.31. The van der Waals surface area contributed by atoms with Gasteiger partial charge >= 0.3 is 0 Å². The first kappa shape index (κ1) is 14.6. The van der Waals surface area contributed by atoms with Crippen molar-refractivity contribution in [1.82, 2.24) is 14.9 Å². The van der Waals surface area contributed by atoms with E-state index in [0.29, 0.717) is 12.4 Å². The monoisotopic (exact) mass is 277 g/mol. The van der Waals surface area contributed by atoms with E-state index in [1.807, 2.05) is 18.9 Å². The van der Waals surface area contributed by atoms with E-state index in [2.05, 4.69) is 16.9 Å². The minimum absolute atomic E-state index is 0.121. The number of nitrogens with two attached hydrogens (primary N) is 1. The molecule has 110 valence electrons. The highest BCUT2D eigenvalue weighted by molar-refractivity contribution is 5.81. The van der Waals surface area contributed by atoms with Crippen LogP contribution in [-0.4, -0.2) is 47.5 Å². The zero-order valence-electron chi connectivity index (χ0n) is 12.5. The molecular formula is C14H23N5O. The second kappa shape index (κ2) is 6.07. The molecule has 1 aromatic heterocycles. The van der Waals surface area contributed by atoms with E-state index in [1.165, 1.54) is 0 Å². The molecule has 0 spiro atoms. The maximum Gasteiger partial charge on any atom is 0.241 e. The number of hydrogen-bond acceptors (Lipinski definition) is 5. The minimum atomic E-state index is 0.121. The van der Waals surface area contributed by atoms with Crippen LogP contribution >= 0.6 is 0 Å². The Bertz CT molecular complexity index is 503. The predicted molar refractivity (Wildman–Crippen MR) is 79.6 cm³/mol. The van der Waals surface area contributed by atoms with Crippen LogP contribution in [0.2, 0.25) is 0 Å². The smallest absolute Gasteiger partial charge is 0.241 e. The summed E-state index contributed by atoms with van der Waals surface area (Å²) in [5.74, 6) is 2.21. The van der Waals surface area contributed by atoms with Gasteiger partial charge in [0.2, 0.25) is 5.91 Å². The molecule has 1 amide bonds. The van der Waals surface area contributed by atoms with Crippen molar-refractivity contribution < 1.29 is 4.79 Å². The number of anilines is 2. The summed E-state index contributed by atoms with van der Waals surface area (Å²) in [5, 5.41) is 0. The highest BCUT2D eigenvalue weighted by Crippen LogP contribution is 2.23. The minimum Gasteiger partial charge on any atom is -0.383 e. The summed E-state index contributed by atoms with van der Waals surface area (Å²) >= 11 is 0. The molecule has 1 fully saturated rings. The van der Waals surface area contributed by atoms with Gasteiger partial charge in [-0.25, -0.2) is 9.97 Å². The lowest BCUT2D eigenvalue weighted by atomic mass is 10.2. The quantitative estimate of drug-likeness (QED) is 0.891. The number of nitrogen functional groups attached to an aromatic ring is 1. The largest absolute Gasteiger partial charge is 0.383 e. The second-order valence-electron chi connectivity index (χ2n) is 5.31. The number of amides is 1. The van der Waals surface area contributed by atoms with Gasteiger partial charge < -0.3 is 15.5 Å². The fraction of sp³-hybridized carbons (Fsp3) is 0.643. The van der Waals surface area contributed by atoms with Gasteiger partial charge in [0.1, 0.15) is 17.5 Å². The maximum absolute atomic E-state index is 12.0. The number of hydrogen-bond donors (Lipinski definition) is 1. The SMILES string of the molecule is CCCc1nc(N)c(C)c(N2CCCN(C)C(=O)C2)n1. The van der Waals surface area contributed by atoms with Crippen LogP contribution in [0, 0.1) is 6.92 Å². The molecule has 0 atom stereocenters. The Morgan fingerprint density at radius 1 is 1.30 bits per heavy atom. The predicted octanol–water partition coefficient (Wildman–Crippen LogP) is 0.988. The van der Waals surface area contributed by atoms with Crippen molar-refractivity contribution >= 4 is 17.5 Å². The van der Waals surface area contributed by atoms with E-state index < -0.39 is 0 Å². The van der Waals surface area contributed by atoms with E-state index in [4.69, 9.17) is 5.73 Å². The Kier molecular flexibility index (Phi) is 4.42. The van der Waals surface area contributed by atoms with Crippen molar-refractivity contribution in [3.8, 4) is 0 Å². The van der Waals surface area contributed by atoms with Crippen molar-refractivity contribution in [2.45, 2.75) is 33.1 Å². The van der Waals surface area contributed by atoms with Crippen molar-refractivity contribution in [1.29, 1.82) is 0 Å². The summed E-state index contributed by atoms with van der Waals surface area (Å²) in [4.78, 5) is 24.7. The number of likely N-dealkylation sites (N-methyl/N-ethyl adjacent to an activating group) is 1. The fourth-order valence-electron chi connectivity index (χ4n) is 2.38. The molecule has 20 heavy (non-hydrogen) atoms. The molecule has 6 nitrogen and oxygen atoms in total. The molecular weight excluding hydrogens is 254 g/mol. The summed E-state index contributed by atoms with van der Waals surface area (Å²) in [6, 6.07) is 0. The normalized spacial score (nSPS) is 16.4. The molecule has 1 aliphatic rings. The highest BCUT2D eigenvalue weighted by atomic mass is 16.2. The molecule has 0 saturated carbocycles. The number of rotatable bonds is 3. The van der Waals surface area contributed by atoms with Gasteiger partial charge in [0.05, 0.1) is 6.54 Å². The number of aromatic nitrogens is 2. The van der Waals surface area contributed by atoms with Crippen molar-refractivity contribution in [3.63, 3.8) is 0 Å². The van der Waals surface area contributed by atoms with Gasteiger partial charge in [-0.2, -0.15) is 0 Å². The number of carbonyl (C=O) groups is 1. The Balaban J connectivity index is 2.32. The first-order valence-electron chi connectivity index (χ1n) is 7.14. The molecule has 2 heterocycles. The van der Waals surface area contributed by atoms with Gasteiger partial charge in [-0.15, -0.1) is 0 Å². The van der Waals surface area contributed by atoms with Crippen LogP contribution in [0.15, 0.2) is 0 Å². The van der Waals surface area contributed by atoms with Crippen LogP contribution in [0.25, 0.3) is 0 Å². The Morgan fingerprint density at radius 2 is 2.05 bits per heavy atom. The van der Waals surface area contributed by atoms with Gasteiger partial charge in [0.25, 0.3) is 0 Å². The lowest BCUT2D eigenvalue weighted by Crippen LogP contribution is -2.35. The van der Waals surface area contributed by atoms with Gasteiger partial charge in [-0.05, 0) is 19.8 Å². The van der Waals surface area contributed by atoms with Crippen LogP contribution in [0.5, 0.6) is 0 Å². The summed E-state index contributed by atoms with van der Waals surface area (Å²) in [6.45, 7) is 5.97. The average Bonchev–Trinajstić information content (AvgIpc) is 2.57. The number of aryl methyl sites for hydroxylation is 1. The molecule has 0 aliphatic carbocycles. The van der Waals surface area contributed by atoms with Crippen LogP contribution in [0.4, 0.5) is 11.6 Å². The molecule has 1 aliphatic heterocycles. The van der Waals surface area contributed by atoms with Crippen LogP contribution < -0.4 is 10.6 Å². The third-order valence-corrected chi connectivity index (χ3v) is 3.65. The molecule has 1 aromatic rings. The van der Waals surface area contributed by atoms with Crippen molar-refractivity contribution in [2.75, 3.05) is 37.3 Å². The first-order chi connectivity index (χ1) is 9.52. The van der Waals surface area contributed by atoms with E-state index in [9.17, 15) is 4.79 Å². The standard InChI is InChI=1S/C14H23N5O/c1-4-6-11-16-13(15)10(2)14(17-11)19-8-5-7-18(3)12(20)9-19/h4-9H2,1-3H3,(H2,15,16,17). The Labute approximate surface area is 120 Å². The Morgan fingerprint density at radius 3 is 2.75 bits per heavy atom. The molecule has 0 aromatic carbocycles.